The van der Waals surface area contributed by atoms with Crippen LogP contribution in [0.4, 0.5) is 0 Å². The van der Waals surface area contributed by atoms with Crippen LogP contribution in [0.2, 0.25) is 5.04 Å². The number of aryl methyl sites for hydroxylation is 1. The lowest BCUT2D eigenvalue weighted by Gasteiger charge is -2.44. The van der Waals surface area contributed by atoms with Crippen LogP contribution in [0.15, 0.2) is 115 Å². The first-order valence-corrected chi connectivity index (χ1v) is 16.8. The van der Waals surface area contributed by atoms with Crippen LogP contribution in [0, 0.1) is 6.92 Å². The van der Waals surface area contributed by atoms with Gasteiger partial charge in [-0.1, -0.05) is 129 Å². The van der Waals surface area contributed by atoms with Crippen molar-refractivity contribution in [1.29, 1.82) is 0 Å². The van der Waals surface area contributed by atoms with Crippen molar-refractivity contribution < 1.29 is 18.8 Å². The second-order valence-corrected chi connectivity index (χ2v) is 16.8. The highest BCUT2D eigenvalue weighted by Gasteiger charge is 2.58. The minimum absolute atomic E-state index is 0.202. The molecule has 1 heterocycles. The first-order valence-electron chi connectivity index (χ1n) is 14.9. The van der Waals surface area contributed by atoms with E-state index >= 15 is 0 Å². The van der Waals surface area contributed by atoms with Crippen molar-refractivity contribution in [2.45, 2.75) is 57.2 Å². The van der Waals surface area contributed by atoms with Crippen LogP contribution in [-0.4, -0.2) is 50.4 Å². The van der Waals surface area contributed by atoms with Crippen molar-refractivity contribution >= 4 is 30.6 Å². The van der Waals surface area contributed by atoms with E-state index in [4.69, 9.17) is 9.16 Å². The molecule has 0 unspecified atom stereocenters. The largest absolute Gasteiger partial charge is 0.467 e. The quantitative estimate of drug-likeness (QED) is 0.188. The fourth-order valence-electron chi connectivity index (χ4n) is 6.63. The number of rotatable bonds is 8. The topological polar surface area (TPSA) is 55.8 Å². The third kappa shape index (κ3) is 5.82. The summed E-state index contributed by atoms with van der Waals surface area (Å²) in [4.78, 5) is 29.9. The van der Waals surface area contributed by atoms with Crippen LogP contribution in [0.5, 0.6) is 0 Å². The maximum Gasteiger partial charge on any atom is 0.332 e. The molecule has 4 aromatic rings. The number of ether oxygens (including phenoxy) is 1. The summed E-state index contributed by atoms with van der Waals surface area (Å²) in [6.07, 6.45) is 0.263. The van der Waals surface area contributed by atoms with Crippen molar-refractivity contribution in [3.63, 3.8) is 0 Å². The number of benzene rings is 4. The number of nitrogens with zero attached hydrogens (tertiary/aromatic N) is 1. The lowest BCUT2D eigenvalue weighted by molar-refractivity contribution is -0.152. The van der Waals surface area contributed by atoms with Crippen molar-refractivity contribution in [2.75, 3.05) is 13.7 Å². The van der Waals surface area contributed by atoms with Gasteiger partial charge in [0, 0.05) is 24.9 Å². The number of carbonyl (C=O) groups excluding carboxylic acids is 2. The Morgan fingerprint density at radius 3 is 1.81 bits per heavy atom. The van der Waals surface area contributed by atoms with E-state index in [0.717, 1.165) is 21.5 Å². The molecule has 1 aliphatic rings. The van der Waals surface area contributed by atoms with Gasteiger partial charge in [0.25, 0.3) is 14.2 Å². The summed E-state index contributed by atoms with van der Waals surface area (Å²) in [6.45, 7) is 9.02. The average molecular weight is 592 g/mol. The molecule has 0 bridgehead atoms. The highest BCUT2D eigenvalue weighted by atomic mass is 28.4. The van der Waals surface area contributed by atoms with Gasteiger partial charge in [-0.3, -0.25) is 4.79 Å². The predicted molar refractivity (Wildman–Crippen MR) is 174 cm³/mol. The molecule has 1 aliphatic heterocycles. The van der Waals surface area contributed by atoms with Gasteiger partial charge in [-0.05, 0) is 40.0 Å². The van der Waals surface area contributed by atoms with Gasteiger partial charge < -0.3 is 14.1 Å². The summed E-state index contributed by atoms with van der Waals surface area (Å²) >= 11 is 0. The Labute approximate surface area is 256 Å². The summed E-state index contributed by atoms with van der Waals surface area (Å²) in [6, 6.07) is 38.2. The molecule has 2 atom stereocenters. The van der Waals surface area contributed by atoms with E-state index in [1.165, 1.54) is 7.11 Å². The number of carbonyl (C=O) groups is 2. The first kappa shape index (κ1) is 30.5. The van der Waals surface area contributed by atoms with Crippen molar-refractivity contribution in [1.82, 2.24) is 4.90 Å². The van der Waals surface area contributed by atoms with E-state index in [-0.39, 0.29) is 17.5 Å². The fraction of sp³-hybridized carbons (Fsp3) is 0.297. The number of hydrogen-bond acceptors (Lipinski definition) is 4. The minimum atomic E-state index is -2.96. The molecule has 5 nitrogen and oxygen atoms in total. The van der Waals surface area contributed by atoms with E-state index in [9.17, 15) is 9.59 Å². The van der Waals surface area contributed by atoms with Gasteiger partial charge in [-0.25, -0.2) is 4.79 Å². The van der Waals surface area contributed by atoms with Gasteiger partial charge in [0.2, 0.25) is 0 Å². The van der Waals surface area contributed by atoms with Gasteiger partial charge >= 0.3 is 5.97 Å². The maximum atomic E-state index is 14.2. The van der Waals surface area contributed by atoms with Crippen LogP contribution in [-0.2, 0) is 20.4 Å². The molecule has 0 spiro atoms. The number of methoxy groups -OCH3 is 1. The Hall–Kier alpha value is -4.00. The SMILES string of the molecule is COC(=O)[C@]1(Cc2ccc(C)cc2)C[C@@H](O[Si](c2ccccc2)(c2ccccc2)C(C)(C)C)CN1C(=O)c1ccccc1. The van der Waals surface area contributed by atoms with E-state index in [1.807, 2.05) is 61.5 Å². The third-order valence-electron chi connectivity index (χ3n) is 8.68. The van der Waals surface area contributed by atoms with Gasteiger partial charge in [-0.15, -0.1) is 0 Å². The summed E-state index contributed by atoms with van der Waals surface area (Å²) < 4.78 is 13.0. The van der Waals surface area contributed by atoms with Crippen LogP contribution in [0.3, 0.4) is 0 Å². The number of esters is 1. The van der Waals surface area contributed by atoms with Crippen LogP contribution in [0.25, 0.3) is 0 Å². The van der Waals surface area contributed by atoms with Crippen molar-refractivity contribution in [2.24, 2.45) is 0 Å². The van der Waals surface area contributed by atoms with E-state index in [1.54, 1.807) is 17.0 Å². The van der Waals surface area contributed by atoms with Gasteiger partial charge in [0.15, 0.2) is 0 Å². The highest BCUT2D eigenvalue weighted by Crippen LogP contribution is 2.42. The molecule has 222 valence electrons. The molecule has 0 N–H and O–H groups in total. The second-order valence-electron chi connectivity index (χ2n) is 12.6. The zero-order valence-corrected chi connectivity index (χ0v) is 26.7. The molecule has 5 rings (SSSR count). The highest BCUT2D eigenvalue weighted by molar-refractivity contribution is 6.99. The molecule has 0 aromatic heterocycles. The molecule has 0 radical (unpaired) electrons. The Kier molecular flexibility index (Phi) is 8.72. The van der Waals surface area contributed by atoms with Crippen LogP contribution >= 0.6 is 0 Å². The lowest BCUT2D eigenvalue weighted by atomic mass is 9.87. The summed E-state index contributed by atoms with van der Waals surface area (Å²) in [5, 5.41) is 2.06. The Balaban J connectivity index is 1.65. The molecule has 1 fully saturated rings. The lowest BCUT2D eigenvalue weighted by Crippen LogP contribution is -2.67. The van der Waals surface area contributed by atoms with E-state index in [0.29, 0.717) is 18.4 Å². The molecular formula is C37H41NO4Si. The zero-order valence-electron chi connectivity index (χ0n) is 25.7. The van der Waals surface area contributed by atoms with Gasteiger partial charge in [0.05, 0.1) is 13.2 Å². The first-order chi connectivity index (χ1) is 20.6. The van der Waals surface area contributed by atoms with Gasteiger partial charge in [-0.2, -0.15) is 0 Å². The number of amides is 1. The molecule has 6 heteroatoms. The smallest absolute Gasteiger partial charge is 0.332 e. The predicted octanol–water partition coefficient (Wildman–Crippen LogP) is 5.94. The number of likely N-dealkylation sites (tertiary alicyclic amines) is 1. The fourth-order valence-corrected chi connectivity index (χ4v) is 11.3. The minimum Gasteiger partial charge on any atom is -0.467 e. The Morgan fingerprint density at radius 1 is 0.814 bits per heavy atom. The molecular weight excluding hydrogens is 550 g/mol. The molecule has 1 saturated heterocycles. The maximum absolute atomic E-state index is 14.2. The van der Waals surface area contributed by atoms with Crippen molar-refractivity contribution in [3.8, 4) is 0 Å². The zero-order chi connectivity index (χ0) is 30.7. The normalized spacial score (nSPS) is 18.8. The Bertz CT molecular complexity index is 1500. The van der Waals surface area contributed by atoms with Crippen LogP contribution in [0.1, 0.15) is 48.7 Å². The van der Waals surface area contributed by atoms with Crippen molar-refractivity contribution in [3.05, 3.63) is 132 Å². The summed E-state index contributed by atoms with van der Waals surface area (Å²) in [5.74, 6) is -0.627. The van der Waals surface area contributed by atoms with Gasteiger partial charge in [0.1, 0.15) is 5.54 Å². The second kappa shape index (κ2) is 12.3. The summed E-state index contributed by atoms with van der Waals surface area (Å²) in [5.41, 5.74) is 1.40. The molecule has 4 aromatic carbocycles. The average Bonchev–Trinajstić information content (AvgIpc) is 3.39. The summed E-state index contributed by atoms with van der Waals surface area (Å²) in [7, 11) is -1.55. The monoisotopic (exact) mass is 591 g/mol. The molecule has 43 heavy (non-hydrogen) atoms. The van der Waals surface area contributed by atoms with E-state index in [2.05, 4.69) is 69.3 Å². The number of hydrogen-bond donors (Lipinski definition) is 0. The standard InChI is InChI=1S/C37H41NO4Si/c1-28-21-23-29(24-22-28)25-37(35(40)41-5)26-31(27-38(37)34(39)30-15-9-6-10-16-30)42-43(36(2,3)4,32-17-11-7-12-18-32)33-19-13-8-14-20-33/h6-24,31H,25-27H2,1-5H3/t31-,37+/m1/s1. The third-order valence-corrected chi connectivity index (χ3v) is 13.8. The molecule has 1 amide bonds. The Morgan fingerprint density at radius 2 is 1.33 bits per heavy atom. The molecule has 0 aliphatic carbocycles. The molecule has 0 saturated carbocycles. The van der Waals surface area contributed by atoms with E-state index < -0.39 is 25.9 Å². The van der Waals surface area contributed by atoms with Crippen LogP contribution < -0.4 is 10.4 Å².